The third kappa shape index (κ3) is 5.15. The molecule has 0 unspecified atom stereocenters. The Morgan fingerprint density at radius 3 is 2.60 bits per heavy atom. The Morgan fingerprint density at radius 2 is 1.86 bits per heavy atom. The number of rotatable bonds is 10. The Kier molecular flexibility index (Phi) is 7.87. The van der Waals surface area contributed by atoms with E-state index in [-0.39, 0.29) is 18.4 Å². The molecular weight excluding hydrogens is 532 g/mol. The third-order valence-corrected chi connectivity index (χ3v) is 7.75. The zero-order valence-corrected chi connectivity index (χ0v) is 24.2. The molecule has 1 aliphatic heterocycles. The number of nitrogen functional groups attached to an aromatic ring is 1. The number of nitrogens with two attached hydrogens (primary N) is 1. The molecule has 0 fully saturated rings. The molecule has 0 aliphatic carbocycles. The normalized spacial score (nSPS) is 14.1. The van der Waals surface area contributed by atoms with Crippen LogP contribution in [0, 0.1) is 11.3 Å². The number of aromatic amines is 1. The highest BCUT2D eigenvalue weighted by Gasteiger charge is 2.46. The number of carbonyl (C=O) groups is 2. The number of nitrogens with one attached hydrogen (secondary N) is 2. The standard InChI is InChI=1S/C32H34N6O4/c1-32(2)22-17-23(34)27-28(37-29(36-27)21-8-5-7-20(15-21)18-33)26(22)30(39)38(31(32)40)14-6-12-35-13-11-19-9-10-24(41-3)25(16-19)42-4/h5,7-10,15-17,35H,6,11-14,34H2,1-4H3,(H,36,37). The molecule has 5 rings (SSSR count). The highest BCUT2D eigenvalue weighted by atomic mass is 16.5. The Bertz CT molecular complexity index is 1720. The smallest absolute Gasteiger partial charge is 0.263 e. The SMILES string of the molecule is COc1ccc(CCNCCCN2C(=O)c3c(cc(N)c4[nH]c(-c5cccc(C#N)c5)nc34)C(C)(C)C2=O)cc1OC. The average molecular weight is 567 g/mol. The van der Waals surface area contributed by atoms with E-state index in [9.17, 15) is 14.9 Å². The monoisotopic (exact) mass is 566 g/mol. The predicted molar refractivity (Wildman–Crippen MR) is 160 cm³/mol. The molecule has 10 heteroatoms. The number of carbonyl (C=O) groups excluding carboxylic acids is 2. The molecule has 0 bridgehead atoms. The topological polar surface area (TPSA) is 146 Å². The summed E-state index contributed by atoms with van der Waals surface area (Å²) in [4.78, 5) is 36.7. The fourth-order valence-corrected chi connectivity index (χ4v) is 5.41. The average Bonchev–Trinajstić information content (AvgIpc) is 3.45. The minimum absolute atomic E-state index is 0.262. The van der Waals surface area contributed by atoms with Gasteiger partial charge in [0.05, 0.1) is 48.0 Å². The van der Waals surface area contributed by atoms with Crippen LogP contribution >= 0.6 is 0 Å². The van der Waals surface area contributed by atoms with Crippen molar-refractivity contribution in [2.75, 3.05) is 39.6 Å². The lowest BCUT2D eigenvalue weighted by Crippen LogP contribution is -2.52. The van der Waals surface area contributed by atoms with Crippen LogP contribution < -0.4 is 20.5 Å². The Morgan fingerprint density at radius 1 is 1.07 bits per heavy atom. The number of hydrogen-bond donors (Lipinski definition) is 3. The second-order valence-corrected chi connectivity index (χ2v) is 10.8. The van der Waals surface area contributed by atoms with Crippen molar-refractivity contribution in [1.82, 2.24) is 20.2 Å². The van der Waals surface area contributed by atoms with Gasteiger partial charge in [0.1, 0.15) is 11.3 Å². The van der Waals surface area contributed by atoms with Crippen LogP contribution in [-0.4, -0.2) is 60.5 Å². The maximum absolute atomic E-state index is 13.8. The van der Waals surface area contributed by atoms with Crippen LogP contribution in [0.1, 0.15) is 47.3 Å². The summed E-state index contributed by atoms with van der Waals surface area (Å²) in [5.41, 5.74) is 10.0. The fraction of sp³-hybridized carbons (Fsp3) is 0.312. The number of nitriles is 1. The Hall–Kier alpha value is -4.88. The van der Waals surface area contributed by atoms with Gasteiger partial charge in [0.25, 0.3) is 5.91 Å². The van der Waals surface area contributed by atoms with Gasteiger partial charge in [0.15, 0.2) is 11.5 Å². The molecule has 1 aromatic heterocycles. The number of ether oxygens (including phenoxy) is 2. The first-order chi connectivity index (χ1) is 20.2. The zero-order valence-electron chi connectivity index (χ0n) is 24.2. The van der Waals surface area contributed by atoms with E-state index in [1.807, 2.05) is 38.1 Å². The number of methoxy groups -OCH3 is 2. The second-order valence-electron chi connectivity index (χ2n) is 10.8. The van der Waals surface area contributed by atoms with E-state index in [1.54, 1.807) is 38.5 Å². The number of H-pyrrole nitrogens is 1. The van der Waals surface area contributed by atoms with Crippen molar-refractivity contribution in [1.29, 1.82) is 5.26 Å². The van der Waals surface area contributed by atoms with Crippen LogP contribution in [0.5, 0.6) is 11.5 Å². The summed E-state index contributed by atoms with van der Waals surface area (Å²) in [6, 6.07) is 16.7. The molecule has 0 radical (unpaired) electrons. The van der Waals surface area contributed by atoms with Crippen molar-refractivity contribution in [3.05, 3.63) is 70.8 Å². The van der Waals surface area contributed by atoms with Gasteiger partial charge in [0, 0.05) is 12.1 Å². The molecule has 42 heavy (non-hydrogen) atoms. The van der Waals surface area contributed by atoms with E-state index in [0.29, 0.717) is 69.3 Å². The number of hydrogen-bond acceptors (Lipinski definition) is 8. The Labute approximate surface area is 244 Å². The number of aromatic nitrogens is 2. The minimum Gasteiger partial charge on any atom is -0.493 e. The van der Waals surface area contributed by atoms with E-state index in [1.165, 1.54) is 4.90 Å². The van der Waals surface area contributed by atoms with Crippen molar-refractivity contribution >= 4 is 28.5 Å². The van der Waals surface area contributed by atoms with E-state index < -0.39 is 5.41 Å². The van der Waals surface area contributed by atoms with Crippen LogP contribution in [0.2, 0.25) is 0 Å². The first-order valence-electron chi connectivity index (χ1n) is 13.8. The number of fused-ring (bicyclic) bond motifs is 3. The maximum Gasteiger partial charge on any atom is 0.263 e. The van der Waals surface area contributed by atoms with E-state index >= 15 is 0 Å². The summed E-state index contributed by atoms with van der Waals surface area (Å²) >= 11 is 0. The maximum atomic E-state index is 13.8. The number of imidazole rings is 1. The highest BCUT2D eigenvalue weighted by molar-refractivity contribution is 6.19. The summed E-state index contributed by atoms with van der Waals surface area (Å²) in [5.74, 6) is 1.23. The molecule has 10 nitrogen and oxygen atoms in total. The molecule has 1 aliphatic rings. The van der Waals surface area contributed by atoms with Gasteiger partial charge < -0.3 is 25.5 Å². The summed E-state index contributed by atoms with van der Waals surface area (Å²) in [6.45, 7) is 5.26. The lowest BCUT2D eigenvalue weighted by molar-refractivity contribution is -0.134. The number of benzene rings is 3. The van der Waals surface area contributed by atoms with Crippen LogP contribution in [0.3, 0.4) is 0 Å². The summed E-state index contributed by atoms with van der Waals surface area (Å²) in [5, 5.41) is 12.7. The molecule has 0 spiro atoms. The third-order valence-electron chi connectivity index (χ3n) is 7.75. The van der Waals surface area contributed by atoms with Crippen LogP contribution in [0.15, 0.2) is 48.5 Å². The molecule has 2 amide bonds. The van der Waals surface area contributed by atoms with Gasteiger partial charge >= 0.3 is 0 Å². The Balaban J connectivity index is 1.32. The summed E-state index contributed by atoms with van der Waals surface area (Å²) in [7, 11) is 3.22. The highest BCUT2D eigenvalue weighted by Crippen LogP contribution is 2.40. The van der Waals surface area contributed by atoms with Crippen LogP contribution in [-0.2, 0) is 16.6 Å². The van der Waals surface area contributed by atoms with E-state index in [0.717, 1.165) is 18.5 Å². The van der Waals surface area contributed by atoms with Crippen molar-refractivity contribution < 1.29 is 19.1 Å². The molecule has 216 valence electrons. The van der Waals surface area contributed by atoms with Crippen molar-refractivity contribution in [2.45, 2.75) is 32.1 Å². The van der Waals surface area contributed by atoms with Crippen molar-refractivity contribution in [2.24, 2.45) is 0 Å². The largest absolute Gasteiger partial charge is 0.493 e. The predicted octanol–water partition coefficient (Wildman–Crippen LogP) is 4.18. The molecule has 4 N–H and O–H groups in total. The van der Waals surface area contributed by atoms with E-state index in [4.69, 9.17) is 20.2 Å². The second kappa shape index (κ2) is 11.5. The zero-order chi connectivity index (χ0) is 30.0. The molecule has 0 saturated heterocycles. The van der Waals surface area contributed by atoms with Gasteiger partial charge in [-0.2, -0.15) is 5.26 Å². The minimum atomic E-state index is -0.966. The molecule has 3 aromatic carbocycles. The lowest BCUT2D eigenvalue weighted by atomic mass is 9.76. The van der Waals surface area contributed by atoms with Crippen molar-refractivity contribution in [3.8, 4) is 29.0 Å². The van der Waals surface area contributed by atoms with Gasteiger partial charge in [-0.05, 0) is 81.2 Å². The van der Waals surface area contributed by atoms with E-state index in [2.05, 4.69) is 16.4 Å². The van der Waals surface area contributed by atoms with Gasteiger partial charge in [0.2, 0.25) is 5.91 Å². The molecule has 0 saturated carbocycles. The molecular formula is C32H34N6O4. The van der Waals surface area contributed by atoms with Gasteiger partial charge in [-0.1, -0.05) is 18.2 Å². The lowest BCUT2D eigenvalue weighted by Gasteiger charge is -2.37. The van der Waals surface area contributed by atoms with Crippen LogP contribution in [0.25, 0.3) is 22.4 Å². The van der Waals surface area contributed by atoms with Gasteiger partial charge in [-0.25, -0.2) is 4.98 Å². The molecule has 0 atom stereocenters. The summed E-state index contributed by atoms with van der Waals surface area (Å²) in [6.07, 6.45) is 1.39. The first-order valence-corrected chi connectivity index (χ1v) is 13.8. The van der Waals surface area contributed by atoms with Crippen molar-refractivity contribution in [3.63, 3.8) is 0 Å². The molecule has 4 aromatic rings. The van der Waals surface area contributed by atoms with Gasteiger partial charge in [-0.3, -0.25) is 14.5 Å². The molecule has 2 heterocycles. The number of nitrogens with zero attached hydrogens (tertiary/aromatic N) is 3. The number of amides is 2. The van der Waals surface area contributed by atoms with Gasteiger partial charge in [-0.15, -0.1) is 0 Å². The fourth-order valence-electron chi connectivity index (χ4n) is 5.41. The quantitative estimate of drug-likeness (QED) is 0.147. The number of imide groups is 1. The number of anilines is 1. The summed E-state index contributed by atoms with van der Waals surface area (Å²) < 4.78 is 10.7. The first kappa shape index (κ1) is 28.6. The van der Waals surface area contributed by atoms with Crippen LogP contribution in [0.4, 0.5) is 5.69 Å².